The second-order valence-electron chi connectivity index (χ2n) is 5.02. The van der Waals surface area contributed by atoms with Crippen molar-refractivity contribution < 1.29 is 9.59 Å². The average molecular weight is 325 g/mol. The summed E-state index contributed by atoms with van der Waals surface area (Å²) in [6, 6.07) is 14.7. The molecule has 0 saturated heterocycles. The third kappa shape index (κ3) is 3.73. The topological polar surface area (TPSA) is 71.1 Å². The molecule has 0 bridgehead atoms. The molecule has 0 fully saturated rings. The van der Waals surface area contributed by atoms with Crippen LogP contribution in [-0.4, -0.2) is 16.8 Å². The summed E-state index contributed by atoms with van der Waals surface area (Å²) < 4.78 is 1.11. The van der Waals surface area contributed by atoms with Gasteiger partial charge in [-0.2, -0.15) is 0 Å². The minimum absolute atomic E-state index is 0.141. The third-order valence-electron chi connectivity index (χ3n) is 3.21. The Hall–Kier alpha value is -2.73. The predicted molar refractivity (Wildman–Crippen MR) is 91.5 cm³/mol. The highest BCUT2D eigenvalue weighted by molar-refractivity contribution is 7.18. The summed E-state index contributed by atoms with van der Waals surface area (Å²) in [5, 5.41) is 6.39. The molecule has 3 rings (SSSR count). The van der Waals surface area contributed by atoms with Crippen LogP contribution in [-0.2, 0) is 11.3 Å². The first-order chi connectivity index (χ1) is 11.1. The summed E-state index contributed by atoms with van der Waals surface area (Å²) in [5.74, 6) is -0.309. The van der Waals surface area contributed by atoms with E-state index >= 15 is 0 Å². The van der Waals surface area contributed by atoms with Crippen LogP contribution in [0.1, 0.15) is 22.3 Å². The quantitative estimate of drug-likeness (QED) is 0.774. The summed E-state index contributed by atoms with van der Waals surface area (Å²) in [6.45, 7) is 1.84. The van der Waals surface area contributed by atoms with Crippen molar-refractivity contribution in [1.82, 2.24) is 10.3 Å². The molecule has 3 aromatic rings. The number of nitrogens with one attached hydrogen (secondary N) is 2. The van der Waals surface area contributed by atoms with Crippen LogP contribution in [0, 0.1) is 0 Å². The number of hydrogen-bond donors (Lipinski definition) is 2. The lowest BCUT2D eigenvalue weighted by Gasteiger charge is -2.05. The molecule has 1 aromatic heterocycles. The second-order valence-corrected chi connectivity index (χ2v) is 6.13. The zero-order chi connectivity index (χ0) is 16.2. The van der Waals surface area contributed by atoms with Gasteiger partial charge in [-0.25, -0.2) is 4.98 Å². The molecule has 0 radical (unpaired) electrons. The molecule has 1 heterocycles. The third-order valence-corrected chi connectivity index (χ3v) is 4.24. The molecule has 0 atom stereocenters. The summed E-state index contributed by atoms with van der Waals surface area (Å²) in [6.07, 6.45) is 0. The molecular weight excluding hydrogens is 310 g/mol. The van der Waals surface area contributed by atoms with E-state index in [0.717, 1.165) is 15.2 Å². The number of aromatic nitrogens is 1. The molecular formula is C17H15N3O2S. The van der Waals surface area contributed by atoms with Gasteiger partial charge in [-0.15, -0.1) is 11.3 Å². The van der Waals surface area contributed by atoms with E-state index in [1.807, 2.05) is 24.3 Å². The highest BCUT2D eigenvalue weighted by Crippen LogP contribution is 2.21. The van der Waals surface area contributed by atoms with Crippen LogP contribution in [0.3, 0.4) is 0 Å². The molecule has 0 aliphatic heterocycles. The van der Waals surface area contributed by atoms with Crippen LogP contribution in [0.5, 0.6) is 0 Å². The second kappa shape index (κ2) is 6.58. The van der Waals surface area contributed by atoms with Gasteiger partial charge in [-0.05, 0) is 36.4 Å². The molecule has 0 aliphatic rings. The summed E-state index contributed by atoms with van der Waals surface area (Å²) in [4.78, 5) is 27.6. The molecule has 2 amide bonds. The van der Waals surface area contributed by atoms with Crippen molar-refractivity contribution in [1.29, 1.82) is 0 Å². The first-order valence-corrected chi connectivity index (χ1v) is 7.94. The molecule has 0 aliphatic carbocycles. The Kier molecular flexibility index (Phi) is 4.34. The van der Waals surface area contributed by atoms with Gasteiger partial charge in [0.15, 0.2) is 0 Å². The smallest absolute Gasteiger partial charge is 0.251 e. The van der Waals surface area contributed by atoms with E-state index in [9.17, 15) is 9.59 Å². The number of rotatable bonds is 4. The van der Waals surface area contributed by atoms with Crippen molar-refractivity contribution in [3.05, 3.63) is 59.1 Å². The Bertz CT molecular complexity index is 823. The van der Waals surface area contributed by atoms with Crippen molar-refractivity contribution in [3.63, 3.8) is 0 Å². The van der Waals surface area contributed by atoms with Gasteiger partial charge in [0.2, 0.25) is 5.91 Å². The number of para-hydroxylation sites is 1. The zero-order valence-corrected chi connectivity index (χ0v) is 13.3. The molecule has 116 valence electrons. The fourth-order valence-electron chi connectivity index (χ4n) is 2.16. The number of benzene rings is 2. The standard InChI is InChI=1S/C17H15N3O2S/c1-11(21)19-13-8-6-12(7-9-13)17(22)18-10-16-20-14-4-2-3-5-15(14)23-16/h2-9H,10H2,1H3,(H,18,22)(H,19,21). The Morgan fingerprint density at radius 2 is 1.83 bits per heavy atom. The van der Waals surface area contributed by atoms with Gasteiger partial charge >= 0.3 is 0 Å². The Balaban J connectivity index is 1.63. The van der Waals surface area contributed by atoms with Crippen LogP contribution in [0.15, 0.2) is 48.5 Å². The lowest BCUT2D eigenvalue weighted by molar-refractivity contribution is -0.114. The van der Waals surface area contributed by atoms with E-state index in [-0.39, 0.29) is 11.8 Å². The van der Waals surface area contributed by atoms with Crippen LogP contribution >= 0.6 is 11.3 Å². The van der Waals surface area contributed by atoms with Crippen molar-refractivity contribution in [3.8, 4) is 0 Å². The minimum Gasteiger partial charge on any atom is -0.346 e. The molecule has 2 aromatic carbocycles. The fourth-order valence-corrected chi connectivity index (χ4v) is 3.07. The van der Waals surface area contributed by atoms with Gasteiger partial charge in [0, 0.05) is 18.2 Å². The van der Waals surface area contributed by atoms with Gasteiger partial charge < -0.3 is 10.6 Å². The molecule has 23 heavy (non-hydrogen) atoms. The number of thiazole rings is 1. The summed E-state index contributed by atoms with van der Waals surface area (Å²) in [5.41, 5.74) is 2.15. The lowest BCUT2D eigenvalue weighted by Crippen LogP contribution is -2.22. The first-order valence-electron chi connectivity index (χ1n) is 7.12. The fraction of sp³-hybridized carbons (Fsp3) is 0.118. The van der Waals surface area contributed by atoms with E-state index < -0.39 is 0 Å². The number of carbonyl (C=O) groups excluding carboxylic acids is 2. The number of amides is 2. The molecule has 2 N–H and O–H groups in total. The molecule has 5 nitrogen and oxygen atoms in total. The Morgan fingerprint density at radius 3 is 2.52 bits per heavy atom. The van der Waals surface area contributed by atoms with E-state index in [0.29, 0.717) is 17.8 Å². The Labute approximate surface area is 137 Å². The molecule has 0 spiro atoms. The summed E-state index contributed by atoms with van der Waals surface area (Å²) in [7, 11) is 0. The normalized spacial score (nSPS) is 10.5. The van der Waals surface area contributed by atoms with Gasteiger partial charge in [-0.1, -0.05) is 12.1 Å². The van der Waals surface area contributed by atoms with Gasteiger partial charge in [0.1, 0.15) is 5.01 Å². The van der Waals surface area contributed by atoms with E-state index in [4.69, 9.17) is 0 Å². The number of carbonyl (C=O) groups is 2. The maximum Gasteiger partial charge on any atom is 0.251 e. The average Bonchev–Trinajstić information content (AvgIpc) is 2.95. The summed E-state index contributed by atoms with van der Waals surface area (Å²) >= 11 is 1.57. The predicted octanol–water partition coefficient (Wildman–Crippen LogP) is 3.18. The highest BCUT2D eigenvalue weighted by Gasteiger charge is 2.08. The number of fused-ring (bicyclic) bond motifs is 1. The van der Waals surface area contributed by atoms with Crippen molar-refractivity contribution >= 4 is 39.1 Å². The van der Waals surface area contributed by atoms with Crippen molar-refractivity contribution in [2.45, 2.75) is 13.5 Å². The van der Waals surface area contributed by atoms with E-state index in [2.05, 4.69) is 15.6 Å². The number of anilines is 1. The Morgan fingerprint density at radius 1 is 1.09 bits per heavy atom. The van der Waals surface area contributed by atoms with E-state index in [1.54, 1.807) is 35.6 Å². The monoisotopic (exact) mass is 325 g/mol. The zero-order valence-electron chi connectivity index (χ0n) is 12.5. The van der Waals surface area contributed by atoms with Crippen LogP contribution in [0.4, 0.5) is 5.69 Å². The van der Waals surface area contributed by atoms with Crippen LogP contribution < -0.4 is 10.6 Å². The molecule has 0 saturated carbocycles. The highest BCUT2D eigenvalue weighted by atomic mass is 32.1. The van der Waals surface area contributed by atoms with E-state index in [1.165, 1.54) is 6.92 Å². The van der Waals surface area contributed by atoms with Gasteiger partial charge in [0.05, 0.1) is 16.8 Å². The minimum atomic E-state index is -0.168. The largest absolute Gasteiger partial charge is 0.346 e. The van der Waals surface area contributed by atoms with Crippen molar-refractivity contribution in [2.75, 3.05) is 5.32 Å². The van der Waals surface area contributed by atoms with Crippen LogP contribution in [0.2, 0.25) is 0 Å². The van der Waals surface area contributed by atoms with Crippen molar-refractivity contribution in [2.24, 2.45) is 0 Å². The van der Waals surface area contributed by atoms with Gasteiger partial charge in [-0.3, -0.25) is 9.59 Å². The number of hydrogen-bond acceptors (Lipinski definition) is 4. The van der Waals surface area contributed by atoms with Crippen LogP contribution in [0.25, 0.3) is 10.2 Å². The van der Waals surface area contributed by atoms with Gasteiger partial charge in [0.25, 0.3) is 5.91 Å². The SMILES string of the molecule is CC(=O)Nc1ccc(C(=O)NCc2nc3ccccc3s2)cc1. The number of nitrogens with zero attached hydrogens (tertiary/aromatic N) is 1. The lowest BCUT2D eigenvalue weighted by atomic mass is 10.2. The molecule has 0 unspecified atom stereocenters. The maximum atomic E-state index is 12.1. The maximum absolute atomic E-state index is 12.1. The molecule has 6 heteroatoms. The first kappa shape index (κ1) is 15.2.